The van der Waals surface area contributed by atoms with E-state index in [9.17, 15) is 13.2 Å². The normalized spacial score (nSPS) is 13.0. The molecule has 0 N–H and O–H groups in total. The van der Waals surface area contributed by atoms with Gasteiger partial charge in [-0.3, -0.25) is 4.99 Å². The molecule has 5 heteroatoms. The molecule has 132 valence electrons. The number of rotatable bonds is 5. The molecule has 0 bridgehead atoms. The summed E-state index contributed by atoms with van der Waals surface area (Å²) >= 11 is 0. The van der Waals surface area contributed by atoms with Gasteiger partial charge in [-0.1, -0.05) is 30.9 Å². The second kappa shape index (κ2) is 7.13. The van der Waals surface area contributed by atoms with Crippen LogP contribution in [-0.4, -0.2) is 18.9 Å². The second-order valence-corrected chi connectivity index (χ2v) is 5.71. The molecule has 0 radical (unpaired) electrons. The maximum absolute atomic E-state index is 12.6. The zero-order valence-corrected chi connectivity index (χ0v) is 14.5. The zero-order valence-electron chi connectivity index (χ0n) is 14.5. The largest absolute Gasteiger partial charge is 0.460 e. The van der Waals surface area contributed by atoms with Crippen LogP contribution in [0, 0.1) is 6.92 Å². The molecule has 0 aliphatic heterocycles. The number of allylic oxidation sites excluding steroid dienone is 3. The van der Waals surface area contributed by atoms with Crippen LogP contribution in [0.4, 0.5) is 13.2 Å². The average Bonchev–Trinajstić information content (AvgIpc) is 2.86. The standard InChI is InChI=1S/C20H20F3NO/c1-6-7-15-9-11-17-16(10-8-12(2)20(21,22)23)14(4)25-19(17)18(15)13(3)24-5/h6,8-11H,1-2,7H2,3-5H3/b10-8-,24-13?. The van der Waals surface area contributed by atoms with Gasteiger partial charge in [-0.2, -0.15) is 13.2 Å². The van der Waals surface area contributed by atoms with Crippen molar-refractivity contribution in [2.24, 2.45) is 4.99 Å². The van der Waals surface area contributed by atoms with E-state index in [1.807, 2.05) is 19.1 Å². The Morgan fingerprint density at radius 3 is 2.56 bits per heavy atom. The first-order valence-electron chi connectivity index (χ1n) is 7.74. The number of furan rings is 1. The first-order chi connectivity index (χ1) is 11.7. The molecule has 2 rings (SSSR count). The topological polar surface area (TPSA) is 25.5 Å². The van der Waals surface area contributed by atoms with Crippen molar-refractivity contribution in [1.29, 1.82) is 0 Å². The van der Waals surface area contributed by atoms with E-state index in [0.717, 1.165) is 28.3 Å². The minimum Gasteiger partial charge on any atom is -0.460 e. The highest BCUT2D eigenvalue weighted by atomic mass is 19.4. The SMILES string of the molecule is C=CCc1ccc2c(/C=C\C(=C)C(F)(F)F)c(C)oc2c1C(C)=NC. The zero-order chi connectivity index (χ0) is 18.8. The maximum atomic E-state index is 12.6. The van der Waals surface area contributed by atoms with Crippen LogP contribution in [0.1, 0.15) is 29.4 Å². The average molecular weight is 347 g/mol. The van der Waals surface area contributed by atoms with E-state index >= 15 is 0 Å². The van der Waals surface area contributed by atoms with Gasteiger partial charge in [-0.05, 0) is 31.9 Å². The molecule has 0 saturated carbocycles. The molecule has 0 aliphatic carbocycles. The fourth-order valence-corrected chi connectivity index (χ4v) is 2.66. The summed E-state index contributed by atoms with van der Waals surface area (Å²) in [6.07, 6.45) is 0.352. The number of benzene rings is 1. The number of hydrogen-bond acceptors (Lipinski definition) is 2. The van der Waals surface area contributed by atoms with E-state index < -0.39 is 11.7 Å². The number of hydrogen-bond donors (Lipinski definition) is 0. The molecule has 0 amide bonds. The van der Waals surface area contributed by atoms with Gasteiger partial charge < -0.3 is 4.42 Å². The lowest BCUT2D eigenvalue weighted by Crippen LogP contribution is -2.08. The van der Waals surface area contributed by atoms with Crippen molar-refractivity contribution >= 4 is 22.8 Å². The van der Waals surface area contributed by atoms with E-state index in [1.165, 1.54) is 6.08 Å². The summed E-state index contributed by atoms with van der Waals surface area (Å²) in [5.41, 5.74) is 2.99. The third-order valence-corrected chi connectivity index (χ3v) is 4.05. The highest BCUT2D eigenvalue weighted by Gasteiger charge is 2.30. The van der Waals surface area contributed by atoms with Crippen LogP contribution < -0.4 is 0 Å². The van der Waals surface area contributed by atoms with E-state index in [4.69, 9.17) is 4.42 Å². The lowest BCUT2D eigenvalue weighted by atomic mass is 9.97. The number of fused-ring (bicyclic) bond motifs is 1. The summed E-state index contributed by atoms with van der Waals surface area (Å²) in [7, 11) is 1.69. The molecule has 1 heterocycles. The summed E-state index contributed by atoms with van der Waals surface area (Å²) in [6, 6.07) is 3.78. The van der Waals surface area contributed by atoms with E-state index in [-0.39, 0.29) is 0 Å². The van der Waals surface area contributed by atoms with Crippen molar-refractivity contribution in [3.63, 3.8) is 0 Å². The summed E-state index contributed by atoms with van der Waals surface area (Å²) < 4.78 is 43.8. The number of aryl methyl sites for hydroxylation is 1. The van der Waals surface area contributed by atoms with Crippen molar-refractivity contribution in [2.75, 3.05) is 7.05 Å². The monoisotopic (exact) mass is 347 g/mol. The predicted molar refractivity (Wildman–Crippen MR) is 97.2 cm³/mol. The number of nitrogens with zero attached hydrogens (tertiary/aromatic N) is 1. The van der Waals surface area contributed by atoms with Gasteiger partial charge in [0.25, 0.3) is 0 Å². The van der Waals surface area contributed by atoms with Gasteiger partial charge in [0.15, 0.2) is 0 Å². The molecule has 1 aromatic heterocycles. The molecule has 25 heavy (non-hydrogen) atoms. The quantitative estimate of drug-likeness (QED) is 0.368. The lowest BCUT2D eigenvalue weighted by molar-refractivity contribution is -0.0877. The van der Waals surface area contributed by atoms with Crippen LogP contribution in [0.15, 0.2) is 52.4 Å². The third-order valence-electron chi connectivity index (χ3n) is 4.05. The van der Waals surface area contributed by atoms with Crippen LogP contribution in [0.5, 0.6) is 0 Å². The smallest absolute Gasteiger partial charge is 0.415 e. The van der Waals surface area contributed by atoms with Gasteiger partial charge in [-0.25, -0.2) is 0 Å². The highest BCUT2D eigenvalue weighted by Crippen LogP contribution is 2.33. The van der Waals surface area contributed by atoms with Crippen LogP contribution >= 0.6 is 0 Å². The fraction of sp³-hybridized carbons (Fsp3) is 0.250. The summed E-state index contributed by atoms with van der Waals surface area (Å²) in [4.78, 5) is 4.24. The van der Waals surface area contributed by atoms with Gasteiger partial charge >= 0.3 is 6.18 Å². The molecule has 0 spiro atoms. The molecule has 0 unspecified atom stereocenters. The molecule has 0 atom stereocenters. The Hall–Kier alpha value is -2.56. The second-order valence-electron chi connectivity index (χ2n) is 5.71. The molecule has 1 aromatic carbocycles. The van der Waals surface area contributed by atoms with Crippen LogP contribution in [0.2, 0.25) is 0 Å². The third kappa shape index (κ3) is 3.76. The van der Waals surface area contributed by atoms with Crippen molar-refractivity contribution in [3.05, 3.63) is 65.5 Å². The van der Waals surface area contributed by atoms with Gasteiger partial charge in [0.2, 0.25) is 0 Å². The van der Waals surface area contributed by atoms with Gasteiger partial charge in [0.05, 0.1) is 0 Å². The summed E-state index contributed by atoms with van der Waals surface area (Å²) in [5.74, 6) is 0.544. The van der Waals surface area contributed by atoms with Crippen LogP contribution in [-0.2, 0) is 6.42 Å². The van der Waals surface area contributed by atoms with Gasteiger partial charge in [-0.15, -0.1) is 6.58 Å². The molecule has 0 fully saturated rings. The fourth-order valence-electron chi connectivity index (χ4n) is 2.66. The Balaban J connectivity index is 2.66. The highest BCUT2D eigenvalue weighted by molar-refractivity contribution is 6.10. The number of halogens is 3. The summed E-state index contributed by atoms with van der Waals surface area (Å²) in [5, 5.41) is 0.745. The summed E-state index contributed by atoms with van der Waals surface area (Å²) in [6.45, 7) is 10.4. The maximum Gasteiger partial charge on any atom is 0.415 e. The molecule has 0 aliphatic rings. The first kappa shape index (κ1) is 18.8. The molecule has 2 nitrogen and oxygen atoms in total. The lowest BCUT2D eigenvalue weighted by Gasteiger charge is -2.08. The Labute approximate surface area is 145 Å². The Bertz CT molecular complexity index is 882. The number of alkyl halides is 3. The van der Waals surface area contributed by atoms with Crippen molar-refractivity contribution in [3.8, 4) is 0 Å². The minimum atomic E-state index is -4.45. The molecular weight excluding hydrogens is 327 g/mol. The molecular formula is C20H20F3NO. The van der Waals surface area contributed by atoms with Gasteiger partial charge in [0.1, 0.15) is 11.3 Å². The molecule has 2 aromatic rings. The molecule has 0 saturated heterocycles. The first-order valence-corrected chi connectivity index (χ1v) is 7.74. The number of aliphatic imine (C=N–C) groups is 1. The van der Waals surface area contributed by atoms with E-state index in [1.54, 1.807) is 20.0 Å². The van der Waals surface area contributed by atoms with Crippen molar-refractivity contribution < 1.29 is 17.6 Å². The Kier molecular flexibility index (Phi) is 5.36. The van der Waals surface area contributed by atoms with E-state index in [0.29, 0.717) is 23.3 Å². The van der Waals surface area contributed by atoms with Crippen molar-refractivity contribution in [2.45, 2.75) is 26.4 Å². The Morgan fingerprint density at radius 1 is 1.32 bits per heavy atom. The van der Waals surface area contributed by atoms with Crippen molar-refractivity contribution in [1.82, 2.24) is 0 Å². The van der Waals surface area contributed by atoms with Crippen LogP contribution in [0.3, 0.4) is 0 Å². The van der Waals surface area contributed by atoms with Gasteiger partial charge in [0, 0.05) is 34.8 Å². The van der Waals surface area contributed by atoms with Crippen LogP contribution in [0.25, 0.3) is 17.0 Å². The predicted octanol–water partition coefficient (Wildman–Crippen LogP) is 6.04. The van der Waals surface area contributed by atoms with E-state index in [2.05, 4.69) is 18.2 Å². The Morgan fingerprint density at radius 2 is 2.00 bits per heavy atom. The minimum absolute atomic E-state index is 0.544.